The van der Waals surface area contributed by atoms with Crippen LogP contribution in [0, 0.1) is 0 Å². The molecule has 0 aromatic heterocycles. The molecule has 3 aromatic rings. The maximum absolute atomic E-state index is 12.7. The molecule has 1 radical (unpaired) electrons. The Bertz CT molecular complexity index is 1830. The number of aromatic hydroxyl groups is 2. The number of rotatable bonds is 10. The van der Waals surface area contributed by atoms with Crippen LogP contribution in [-0.2, 0) is 51.9 Å². The van der Waals surface area contributed by atoms with E-state index in [9.17, 15) is 49.4 Å². The first-order valence-electron chi connectivity index (χ1n) is 10.5. The Balaban J connectivity index is 0.00000560. The Kier molecular flexibility index (Phi) is 10.0. The molecule has 5 N–H and O–H groups in total. The van der Waals surface area contributed by atoms with E-state index in [-0.39, 0.29) is 39.3 Å². The van der Waals surface area contributed by atoms with E-state index in [2.05, 4.69) is 10.2 Å². The number of benzene rings is 3. The summed E-state index contributed by atoms with van der Waals surface area (Å²) < 4.78 is 90.8. The van der Waals surface area contributed by atoms with Crippen molar-refractivity contribution >= 4 is 58.2 Å². The predicted octanol–water partition coefficient (Wildman–Crippen LogP) is 1.95. The minimum absolute atomic E-state index is 0. The number of hydrogen-bond acceptors (Lipinski definition) is 12. The molecular weight excluding hydrogens is 646 g/mol. The van der Waals surface area contributed by atoms with Gasteiger partial charge in [0.25, 0.3) is 20.2 Å². The Labute approximate surface area is 238 Å². The van der Waals surface area contributed by atoms with E-state index < -0.39 is 81.0 Å². The number of carboxylic acid groups (broad SMARTS) is 1. The summed E-state index contributed by atoms with van der Waals surface area (Å²) in [5.74, 6) is -3.26. The van der Waals surface area contributed by atoms with Crippen molar-refractivity contribution in [3.8, 4) is 11.5 Å². The van der Waals surface area contributed by atoms with Crippen molar-refractivity contribution in [2.75, 3.05) is 25.9 Å². The minimum Gasteiger partial charge on any atom is -0.506 e. The Hall–Kier alpha value is -3.16. The monoisotopic (exact) mass is 666 g/mol. The number of fused-ring (bicyclic) bond motifs is 1. The molecule has 0 heterocycles. The third kappa shape index (κ3) is 7.73. The molecule has 15 nitrogen and oxygen atoms in total. The number of phenols is 2. The number of nitrogens with zero attached hydrogens (tertiary/aromatic N) is 3. The molecule has 0 unspecified atom stereocenters. The van der Waals surface area contributed by atoms with Crippen molar-refractivity contribution in [3.63, 3.8) is 0 Å². The average molecular weight is 667 g/mol. The Morgan fingerprint density at radius 2 is 1.50 bits per heavy atom. The fourth-order valence-electron chi connectivity index (χ4n) is 3.37. The van der Waals surface area contributed by atoms with Crippen LogP contribution in [-0.4, -0.2) is 86.4 Å². The van der Waals surface area contributed by atoms with E-state index in [4.69, 9.17) is 5.11 Å². The van der Waals surface area contributed by atoms with Gasteiger partial charge in [0.2, 0.25) is 0 Å². The van der Waals surface area contributed by atoms with E-state index in [0.29, 0.717) is 0 Å². The third-order valence-electron chi connectivity index (χ3n) is 5.31. The third-order valence-corrected chi connectivity index (χ3v) is 8.72. The molecule has 221 valence electrons. The molecule has 3 rings (SSSR count). The topological polar surface area (TPSA) is 249 Å². The van der Waals surface area contributed by atoms with Gasteiger partial charge in [-0.05, 0) is 48.8 Å². The normalized spacial score (nSPS) is 12.6. The molecule has 0 spiro atoms. The minimum atomic E-state index is -5.07. The van der Waals surface area contributed by atoms with Gasteiger partial charge in [0.05, 0.1) is 22.1 Å². The summed E-state index contributed by atoms with van der Waals surface area (Å²) in [6.45, 7) is -0.517. The second kappa shape index (κ2) is 12.1. The number of hydrogen-bond donors (Lipinski definition) is 5. The number of carbonyl (C=O) groups is 1. The van der Waals surface area contributed by atoms with E-state index in [1.165, 1.54) is 11.9 Å². The molecule has 0 amide bonds. The van der Waals surface area contributed by atoms with Crippen LogP contribution < -0.4 is 0 Å². The van der Waals surface area contributed by atoms with E-state index in [1.807, 2.05) is 0 Å². The molecule has 40 heavy (non-hydrogen) atoms. The molecule has 0 saturated heterocycles. The zero-order valence-corrected chi connectivity index (χ0v) is 23.5. The molecule has 0 saturated carbocycles. The predicted molar refractivity (Wildman–Crippen MR) is 135 cm³/mol. The zero-order chi connectivity index (χ0) is 29.3. The molecule has 0 aliphatic rings. The van der Waals surface area contributed by atoms with Gasteiger partial charge in [0, 0.05) is 29.0 Å². The van der Waals surface area contributed by atoms with Crippen molar-refractivity contribution in [1.29, 1.82) is 0 Å². The van der Waals surface area contributed by atoms with E-state index in [0.717, 1.165) is 42.5 Å². The van der Waals surface area contributed by atoms with Crippen molar-refractivity contribution < 1.29 is 71.5 Å². The first kappa shape index (κ1) is 33.0. The summed E-state index contributed by atoms with van der Waals surface area (Å²) >= 11 is 0. The summed E-state index contributed by atoms with van der Waals surface area (Å²) in [5.41, 5.74) is -1.01. The van der Waals surface area contributed by atoms with Crippen molar-refractivity contribution in [2.24, 2.45) is 10.2 Å². The fourth-order valence-corrected chi connectivity index (χ4v) is 5.86. The smallest absolute Gasteiger partial charge is 0.317 e. The summed E-state index contributed by atoms with van der Waals surface area (Å²) in [7, 11) is -12.4. The molecule has 0 aliphatic carbocycles. The van der Waals surface area contributed by atoms with E-state index >= 15 is 0 Å². The largest absolute Gasteiger partial charge is 0.506 e. The number of phenolic OH excluding ortho intramolecular Hbond substituents is 2. The summed E-state index contributed by atoms with van der Waals surface area (Å²) in [6, 6.07) is 6.58. The second-order valence-corrected chi connectivity index (χ2v) is 13.1. The molecule has 3 aromatic carbocycles. The van der Waals surface area contributed by atoms with Crippen LogP contribution >= 0.6 is 0 Å². The van der Waals surface area contributed by atoms with Crippen LogP contribution in [0.1, 0.15) is 0 Å². The first-order valence-corrected chi connectivity index (χ1v) is 15.1. The Morgan fingerprint density at radius 1 is 0.875 bits per heavy atom. The fraction of sp³-hybridized carbons (Fsp3) is 0.190. The van der Waals surface area contributed by atoms with E-state index in [1.54, 1.807) is 0 Å². The second-order valence-electron chi connectivity index (χ2n) is 8.21. The van der Waals surface area contributed by atoms with Gasteiger partial charge in [-0.15, -0.1) is 10.2 Å². The van der Waals surface area contributed by atoms with Crippen molar-refractivity contribution in [3.05, 3.63) is 42.5 Å². The number of sulfone groups is 1. The maximum atomic E-state index is 12.7. The molecular formula is C21H21CuN3O12S3. The average Bonchev–Trinajstić information content (AvgIpc) is 2.80. The van der Waals surface area contributed by atoms with Gasteiger partial charge < -0.3 is 15.3 Å². The van der Waals surface area contributed by atoms with Crippen LogP contribution in [0.25, 0.3) is 10.8 Å². The maximum Gasteiger partial charge on any atom is 0.317 e. The molecule has 0 aliphatic heterocycles. The van der Waals surface area contributed by atoms with Gasteiger partial charge in [-0.2, -0.15) is 16.8 Å². The quantitative estimate of drug-likeness (QED) is 0.118. The van der Waals surface area contributed by atoms with Gasteiger partial charge >= 0.3 is 5.97 Å². The van der Waals surface area contributed by atoms with Crippen LogP contribution in [0.3, 0.4) is 0 Å². The molecule has 0 fully saturated rings. The molecule has 0 bridgehead atoms. The Morgan fingerprint density at radius 3 is 2.08 bits per heavy atom. The summed E-state index contributed by atoms with van der Waals surface area (Å²) in [4.78, 5) is 10.0. The first-order chi connectivity index (χ1) is 17.9. The standard InChI is InChI=1S/C21H21N3O12S3.Cu/c1-24(11-19(26)27)6-7-37(29,30)13-3-5-17(25)16(10-13)22-23-20-15-4-2-14(38(31,32)33)8-12(15)9-18(21(20)28)39(34,35)36;/h2-5,8-10,25,28H,6-7,11H2,1H3,(H,26,27)(H,31,32,33)(H,34,35,36);. The number of likely N-dealkylation sites (N-methyl/N-ethyl adjacent to an activating group) is 1. The van der Waals surface area contributed by atoms with Gasteiger partial charge in [-0.1, -0.05) is 6.07 Å². The van der Waals surface area contributed by atoms with Gasteiger partial charge in [0.1, 0.15) is 22.0 Å². The van der Waals surface area contributed by atoms with Gasteiger partial charge in [-0.3, -0.25) is 18.8 Å². The summed E-state index contributed by atoms with van der Waals surface area (Å²) in [6.07, 6.45) is 0. The molecule has 19 heteroatoms. The van der Waals surface area contributed by atoms with Crippen molar-refractivity contribution in [1.82, 2.24) is 4.90 Å². The number of aliphatic carboxylic acids is 1. The van der Waals surface area contributed by atoms with Crippen molar-refractivity contribution in [2.45, 2.75) is 14.7 Å². The number of carboxylic acids is 1. The zero-order valence-electron chi connectivity index (χ0n) is 20.1. The van der Waals surface area contributed by atoms with Crippen LogP contribution in [0.15, 0.2) is 67.4 Å². The van der Waals surface area contributed by atoms with Gasteiger partial charge in [-0.25, -0.2) is 8.42 Å². The SMILES string of the molecule is CN(CCS(=O)(=O)c1ccc(O)c(N=Nc2c(O)c(S(=O)(=O)O)cc3cc(S(=O)(=O)O)ccc23)c1)CC(=O)O.[Cu]. The molecule has 0 atom stereocenters. The van der Waals surface area contributed by atoms with Gasteiger partial charge in [0.15, 0.2) is 15.6 Å². The van der Waals surface area contributed by atoms with Crippen LogP contribution in [0.4, 0.5) is 11.4 Å². The summed E-state index contributed by atoms with van der Waals surface area (Å²) in [5, 5.41) is 36.6. The van der Waals surface area contributed by atoms with Crippen LogP contribution in [0.2, 0.25) is 0 Å². The van der Waals surface area contributed by atoms with Crippen LogP contribution in [0.5, 0.6) is 11.5 Å². The number of azo groups is 1.